The van der Waals surface area contributed by atoms with Crippen LogP contribution in [0, 0.1) is 17.0 Å². The maximum absolute atomic E-state index is 12.1. The van der Waals surface area contributed by atoms with Crippen molar-refractivity contribution in [2.45, 2.75) is 13.5 Å². The van der Waals surface area contributed by atoms with Crippen LogP contribution in [0.5, 0.6) is 0 Å². The lowest BCUT2D eigenvalue weighted by atomic mass is 10.2. The summed E-state index contributed by atoms with van der Waals surface area (Å²) in [6.45, 7) is 2.31. The van der Waals surface area contributed by atoms with Crippen molar-refractivity contribution in [3.05, 3.63) is 107 Å². The summed E-state index contributed by atoms with van der Waals surface area (Å²) in [6, 6.07) is 22.6. The summed E-state index contributed by atoms with van der Waals surface area (Å²) in [5.74, 6) is 0.835. The molecule has 0 saturated heterocycles. The topological polar surface area (TPSA) is 97.1 Å². The number of rotatable bonds is 7. The fraction of sp³-hybridized carbons (Fsp3) is 0.0870. The van der Waals surface area contributed by atoms with Gasteiger partial charge in [0.05, 0.1) is 11.5 Å². The second-order valence-corrected chi connectivity index (χ2v) is 6.91. The Morgan fingerprint density at radius 1 is 0.968 bits per heavy atom. The van der Waals surface area contributed by atoms with Crippen LogP contribution in [0.15, 0.2) is 85.3 Å². The number of hydrogen-bond acceptors (Lipinski definition) is 7. The zero-order valence-corrected chi connectivity index (χ0v) is 16.8. The number of aryl methyl sites for hydroxylation is 1. The van der Waals surface area contributed by atoms with Crippen molar-refractivity contribution in [2.24, 2.45) is 0 Å². The van der Waals surface area contributed by atoms with E-state index in [0.29, 0.717) is 18.1 Å². The summed E-state index contributed by atoms with van der Waals surface area (Å²) in [7, 11) is 0. The van der Waals surface area contributed by atoms with Crippen LogP contribution in [-0.4, -0.2) is 19.9 Å². The molecule has 4 aromatic rings. The van der Waals surface area contributed by atoms with E-state index in [1.54, 1.807) is 23.2 Å². The van der Waals surface area contributed by atoms with Crippen LogP contribution in [-0.2, 0) is 6.54 Å². The lowest BCUT2D eigenvalue weighted by Gasteiger charge is -2.23. The molecule has 0 radical (unpaired) electrons. The lowest BCUT2D eigenvalue weighted by Crippen LogP contribution is -2.21. The number of pyridine rings is 1. The molecule has 4 rings (SSSR count). The number of benzene rings is 2. The van der Waals surface area contributed by atoms with Gasteiger partial charge in [-0.05, 0) is 42.3 Å². The predicted octanol–water partition coefficient (Wildman–Crippen LogP) is 5.17. The van der Waals surface area contributed by atoms with Gasteiger partial charge < -0.3 is 10.2 Å². The molecule has 0 unspecified atom stereocenters. The minimum atomic E-state index is -0.464. The number of aromatic nitrogens is 3. The highest BCUT2D eigenvalue weighted by Gasteiger charge is 2.28. The van der Waals surface area contributed by atoms with Gasteiger partial charge >= 0.3 is 5.69 Å². The maximum Gasteiger partial charge on any atom is 0.354 e. The quantitative estimate of drug-likeness (QED) is 0.330. The molecule has 0 aliphatic heterocycles. The third kappa shape index (κ3) is 4.64. The Hall–Kier alpha value is -4.33. The van der Waals surface area contributed by atoms with E-state index in [1.165, 1.54) is 6.33 Å². The Morgan fingerprint density at radius 2 is 1.77 bits per heavy atom. The van der Waals surface area contributed by atoms with Gasteiger partial charge in [-0.15, -0.1) is 0 Å². The normalized spacial score (nSPS) is 10.5. The van der Waals surface area contributed by atoms with Gasteiger partial charge in [0.2, 0.25) is 11.6 Å². The average Bonchev–Trinajstić information content (AvgIpc) is 2.78. The first-order chi connectivity index (χ1) is 15.1. The van der Waals surface area contributed by atoms with Crippen molar-refractivity contribution in [1.82, 2.24) is 15.0 Å². The molecule has 0 aliphatic rings. The number of nitrogens with one attached hydrogen (secondary N) is 1. The van der Waals surface area contributed by atoms with Crippen LogP contribution in [0.2, 0.25) is 0 Å². The fourth-order valence-corrected chi connectivity index (χ4v) is 3.23. The molecular formula is C23H20N6O2. The van der Waals surface area contributed by atoms with Crippen LogP contribution in [0.4, 0.5) is 28.8 Å². The highest BCUT2D eigenvalue weighted by atomic mass is 16.6. The first-order valence-electron chi connectivity index (χ1n) is 9.67. The lowest BCUT2D eigenvalue weighted by molar-refractivity contribution is -0.383. The molecule has 0 atom stereocenters. The van der Waals surface area contributed by atoms with Gasteiger partial charge in [0.15, 0.2) is 0 Å². The fourth-order valence-electron chi connectivity index (χ4n) is 3.23. The van der Waals surface area contributed by atoms with Crippen molar-refractivity contribution in [3.8, 4) is 0 Å². The summed E-state index contributed by atoms with van der Waals surface area (Å²) in [5, 5.41) is 15.2. The molecule has 31 heavy (non-hydrogen) atoms. The molecule has 0 spiro atoms. The second-order valence-electron chi connectivity index (χ2n) is 6.91. The Bertz CT molecular complexity index is 1190. The molecule has 2 heterocycles. The molecule has 8 heteroatoms. The van der Waals surface area contributed by atoms with Crippen molar-refractivity contribution < 1.29 is 4.92 Å². The second kappa shape index (κ2) is 9.00. The molecule has 1 N–H and O–H groups in total. The molecule has 0 fully saturated rings. The van der Waals surface area contributed by atoms with E-state index in [0.717, 1.165) is 11.1 Å². The van der Waals surface area contributed by atoms with Crippen LogP contribution in [0.25, 0.3) is 0 Å². The molecule has 8 nitrogen and oxygen atoms in total. The SMILES string of the molecule is Cc1cccc(Nc2ncnc(N(Cc3ccccc3)c3ccccn3)c2[N+](=O)[O-])c1. The van der Waals surface area contributed by atoms with Crippen LogP contribution in [0.3, 0.4) is 0 Å². The van der Waals surface area contributed by atoms with Crippen molar-refractivity contribution >= 4 is 28.8 Å². The molecule has 0 amide bonds. The van der Waals surface area contributed by atoms with E-state index in [9.17, 15) is 10.1 Å². The van der Waals surface area contributed by atoms with Gasteiger partial charge in [-0.1, -0.05) is 48.5 Å². The van der Waals surface area contributed by atoms with Crippen molar-refractivity contribution in [3.63, 3.8) is 0 Å². The van der Waals surface area contributed by atoms with E-state index >= 15 is 0 Å². The zero-order valence-electron chi connectivity index (χ0n) is 16.8. The standard InChI is InChI=1S/C23H20N6O2/c1-17-8-7-11-19(14-17)27-22-21(29(30)31)23(26-16-25-22)28(20-12-5-6-13-24-20)15-18-9-3-2-4-10-18/h2-14,16H,15H2,1H3,(H,25,26,27). The molecule has 2 aromatic carbocycles. The van der Waals surface area contributed by atoms with Crippen LogP contribution in [0.1, 0.15) is 11.1 Å². The Balaban J connectivity index is 1.81. The molecule has 154 valence electrons. The highest BCUT2D eigenvalue weighted by molar-refractivity contribution is 5.77. The number of anilines is 4. The summed E-state index contributed by atoms with van der Waals surface area (Å²) < 4.78 is 0. The largest absolute Gasteiger partial charge is 0.354 e. The van der Waals surface area contributed by atoms with Crippen LogP contribution < -0.4 is 10.2 Å². The summed E-state index contributed by atoms with van der Waals surface area (Å²) in [5.41, 5.74) is 2.49. The first-order valence-corrected chi connectivity index (χ1v) is 9.67. The molecular weight excluding hydrogens is 392 g/mol. The highest BCUT2D eigenvalue weighted by Crippen LogP contribution is 2.37. The van der Waals surface area contributed by atoms with Crippen molar-refractivity contribution in [2.75, 3.05) is 10.2 Å². The molecule has 0 saturated carbocycles. The van der Waals surface area contributed by atoms with Gasteiger partial charge in [0.25, 0.3) is 0 Å². The van der Waals surface area contributed by atoms with E-state index < -0.39 is 4.92 Å². The smallest absolute Gasteiger partial charge is 0.334 e. The first kappa shape index (κ1) is 20.0. The average molecular weight is 412 g/mol. The van der Waals surface area contributed by atoms with Crippen LogP contribution >= 0.6 is 0 Å². The Labute approximate surface area is 179 Å². The monoisotopic (exact) mass is 412 g/mol. The predicted molar refractivity (Wildman–Crippen MR) is 120 cm³/mol. The zero-order chi connectivity index (χ0) is 21.6. The summed E-state index contributed by atoms with van der Waals surface area (Å²) in [6.07, 6.45) is 2.97. The van der Waals surface area contributed by atoms with Gasteiger partial charge in [-0.2, -0.15) is 0 Å². The third-order valence-corrected chi connectivity index (χ3v) is 4.63. The van der Waals surface area contributed by atoms with Gasteiger partial charge in [0.1, 0.15) is 12.1 Å². The van der Waals surface area contributed by atoms with E-state index in [-0.39, 0.29) is 17.3 Å². The Morgan fingerprint density at radius 3 is 2.48 bits per heavy atom. The van der Waals surface area contributed by atoms with E-state index in [4.69, 9.17) is 0 Å². The van der Waals surface area contributed by atoms with E-state index in [2.05, 4.69) is 20.3 Å². The summed E-state index contributed by atoms with van der Waals surface area (Å²) >= 11 is 0. The number of nitro groups is 1. The van der Waals surface area contributed by atoms with Crippen molar-refractivity contribution in [1.29, 1.82) is 0 Å². The minimum Gasteiger partial charge on any atom is -0.334 e. The number of hydrogen-bond donors (Lipinski definition) is 1. The van der Waals surface area contributed by atoms with Gasteiger partial charge in [-0.3, -0.25) is 10.1 Å². The molecule has 2 aromatic heterocycles. The number of nitrogens with zero attached hydrogens (tertiary/aromatic N) is 5. The molecule has 0 aliphatic carbocycles. The molecule has 0 bridgehead atoms. The Kier molecular flexibility index (Phi) is 5.79. The van der Waals surface area contributed by atoms with Gasteiger partial charge in [-0.25, -0.2) is 15.0 Å². The van der Waals surface area contributed by atoms with Gasteiger partial charge in [0, 0.05) is 11.9 Å². The minimum absolute atomic E-state index is 0.120. The summed E-state index contributed by atoms with van der Waals surface area (Å²) in [4.78, 5) is 26.2. The maximum atomic E-state index is 12.1. The van der Waals surface area contributed by atoms with E-state index in [1.807, 2.05) is 67.6 Å². The third-order valence-electron chi connectivity index (χ3n) is 4.63.